The minimum absolute atomic E-state index is 0. The molecule has 1 saturated heterocycles. The van der Waals surface area contributed by atoms with Crippen molar-refractivity contribution < 1.29 is 9.53 Å². The average molecular weight is 498 g/mol. The van der Waals surface area contributed by atoms with Gasteiger partial charge in [0.15, 0.2) is 5.96 Å². The molecule has 0 unspecified atom stereocenters. The van der Waals surface area contributed by atoms with E-state index in [2.05, 4.69) is 44.2 Å². The highest BCUT2D eigenvalue weighted by atomic mass is 127. The first-order chi connectivity index (χ1) is 12.6. The van der Waals surface area contributed by atoms with E-state index in [-0.39, 0.29) is 29.9 Å². The average Bonchev–Trinajstić information content (AvgIpc) is 2.65. The van der Waals surface area contributed by atoms with Gasteiger partial charge in [-0.3, -0.25) is 14.7 Å². The Kier molecular flexibility index (Phi) is 15.9. The zero-order valence-corrected chi connectivity index (χ0v) is 19.8. The van der Waals surface area contributed by atoms with Crippen LogP contribution < -0.4 is 10.6 Å². The quantitative estimate of drug-likeness (QED) is 0.185. The number of methoxy groups -OCH3 is 1. The fourth-order valence-electron chi connectivity index (χ4n) is 3.07. The van der Waals surface area contributed by atoms with Crippen LogP contribution in [0.25, 0.3) is 0 Å². The van der Waals surface area contributed by atoms with Crippen LogP contribution in [0.1, 0.15) is 20.3 Å². The van der Waals surface area contributed by atoms with Crippen molar-refractivity contribution in [3.8, 4) is 0 Å². The van der Waals surface area contributed by atoms with E-state index < -0.39 is 0 Å². The molecule has 0 aliphatic carbocycles. The summed E-state index contributed by atoms with van der Waals surface area (Å²) in [4.78, 5) is 23.2. The van der Waals surface area contributed by atoms with Crippen molar-refractivity contribution in [2.24, 2.45) is 4.99 Å². The maximum absolute atomic E-state index is 11.9. The van der Waals surface area contributed by atoms with Gasteiger partial charge in [-0.25, -0.2) is 0 Å². The summed E-state index contributed by atoms with van der Waals surface area (Å²) in [6.07, 6.45) is 1.18. The van der Waals surface area contributed by atoms with Crippen molar-refractivity contribution in [3.05, 3.63) is 0 Å². The molecule has 0 aromatic carbocycles. The highest BCUT2D eigenvalue weighted by molar-refractivity contribution is 14.0. The van der Waals surface area contributed by atoms with Gasteiger partial charge < -0.3 is 25.2 Å². The van der Waals surface area contributed by atoms with Crippen LogP contribution in [0.5, 0.6) is 0 Å². The summed E-state index contributed by atoms with van der Waals surface area (Å²) in [6, 6.07) is 0. The summed E-state index contributed by atoms with van der Waals surface area (Å²) in [5.41, 5.74) is 0. The normalized spacial score (nSPS) is 15.6. The van der Waals surface area contributed by atoms with E-state index in [4.69, 9.17) is 4.74 Å². The van der Waals surface area contributed by atoms with Crippen molar-refractivity contribution >= 4 is 35.8 Å². The molecule has 1 fully saturated rings. The third-order valence-corrected chi connectivity index (χ3v) is 4.58. The molecule has 1 rings (SSSR count). The minimum Gasteiger partial charge on any atom is -0.383 e. The summed E-state index contributed by atoms with van der Waals surface area (Å²) in [5, 5.41) is 6.35. The molecule has 0 saturated carbocycles. The molecular weight excluding hydrogens is 459 g/mol. The number of nitrogens with one attached hydrogen (secondary N) is 2. The maximum Gasteiger partial charge on any atom is 0.234 e. The van der Waals surface area contributed by atoms with Crippen molar-refractivity contribution in [1.82, 2.24) is 25.3 Å². The van der Waals surface area contributed by atoms with Crippen molar-refractivity contribution in [2.75, 3.05) is 86.2 Å². The molecule has 8 nitrogen and oxygen atoms in total. The number of halogens is 1. The molecule has 0 aromatic rings. The van der Waals surface area contributed by atoms with Crippen LogP contribution in [0.4, 0.5) is 0 Å². The first-order valence-corrected chi connectivity index (χ1v) is 9.80. The smallest absolute Gasteiger partial charge is 0.234 e. The summed E-state index contributed by atoms with van der Waals surface area (Å²) < 4.78 is 4.94. The van der Waals surface area contributed by atoms with Crippen LogP contribution in [0.15, 0.2) is 4.99 Å². The number of carbonyl (C=O) groups excluding carboxylic acids is 1. The molecule has 0 aromatic heterocycles. The Labute approximate surface area is 182 Å². The van der Waals surface area contributed by atoms with Crippen LogP contribution in [-0.4, -0.2) is 113 Å². The van der Waals surface area contributed by atoms with E-state index in [1.807, 2.05) is 7.05 Å². The van der Waals surface area contributed by atoms with Crippen LogP contribution in [-0.2, 0) is 9.53 Å². The monoisotopic (exact) mass is 498 g/mol. The van der Waals surface area contributed by atoms with Crippen molar-refractivity contribution in [1.29, 1.82) is 0 Å². The van der Waals surface area contributed by atoms with Crippen LogP contribution >= 0.6 is 24.0 Å². The summed E-state index contributed by atoms with van der Waals surface area (Å²) in [5.74, 6) is 1.02. The van der Waals surface area contributed by atoms with E-state index in [0.29, 0.717) is 19.7 Å². The van der Waals surface area contributed by atoms with Gasteiger partial charge in [0.2, 0.25) is 5.91 Å². The number of carbonyl (C=O) groups is 1. The van der Waals surface area contributed by atoms with Gasteiger partial charge in [-0.05, 0) is 19.5 Å². The SMILES string of the molecule is CCCN(CC)CCNC(=NC)N1CCN(CC(=O)NCCOC)CC1.I. The maximum atomic E-state index is 11.9. The standard InChI is InChI=1S/C18H38N6O2.HI/c1-5-9-22(6-2)10-7-21-18(19-3)24-13-11-23(12-14-24)16-17(25)20-8-15-26-4;/h5-16H2,1-4H3,(H,19,21)(H,20,25);1H. The summed E-state index contributed by atoms with van der Waals surface area (Å²) in [6.45, 7) is 13.7. The Morgan fingerprint density at radius 1 is 1.11 bits per heavy atom. The van der Waals surface area contributed by atoms with Gasteiger partial charge in [0.05, 0.1) is 13.2 Å². The Hall–Kier alpha value is -0.650. The number of amides is 1. The molecule has 9 heteroatoms. The lowest BCUT2D eigenvalue weighted by Crippen LogP contribution is -2.54. The van der Waals surface area contributed by atoms with Crippen LogP contribution in [0.3, 0.4) is 0 Å². The number of likely N-dealkylation sites (N-methyl/N-ethyl adjacent to an activating group) is 1. The largest absolute Gasteiger partial charge is 0.383 e. The first kappa shape index (κ1) is 26.4. The molecule has 0 atom stereocenters. The number of aliphatic imine (C=N–C) groups is 1. The molecule has 0 radical (unpaired) electrons. The number of hydrogen-bond donors (Lipinski definition) is 2. The molecule has 1 aliphatic rings. The van der Waals surface area contributed by atoms with Gasteiger partial charge in [0.1, 0.15) is 0 Å². The molecule has 1 aliphatic heterocycles. The van der Waals surface area contributed by atoms with Gasteiger partial charge in [-0.2, -0.15) is 0 Å². The number of rotatable bonds is 11. The highest BCUT2D eigenvalue weighted by Crippen LogP contribution is 2.02. The lowest BCUT2D eigenvalue weighted by molar-refractivity contribution is -0.122. The number of ether oxygens (including phenoxy) is 1. The molecule has 0 bridgehead atoms. The van der Waals surface area contributed by atoms with Gasteiger partial charge in [-0.1, -0.05) is 13.8 Å². The van der Waals surface area contributed by atoms with Crippen LogP contribution in [0, 0.1) is 0 Å². The van der Waals surface area contributed by atoms with Crippen LogP contribution in [0.2, 0.25) is 0 Å². The second-order valence-corrected chi connectivity index (χ2v) is 6.51. The summed E-state index contributed by atoms with van der Waals surface area (Å²) >= 11 is 0. The van der Waals surface area contributed by atoms with E-state index >= 15 is 0 Å². The first-order valence-electron chi connectivity index (χ1n) is 9.80. The molecule has 1 heterocycles. The zero-order valence-electron chi connectivity index (χ0n) is 17.5. The number of nitrogens with zero attached hydrogens (tertiary/aromatic N) is 4. The Morgan fingerprint density at radius 2 is 1.81 bits per heavy atom. The van der Waals surface area contributed by atoms with Crippen molar-refractivity contribution in [3.63, 3.8) is 0 Å². The van der Waals surface area contributed by atoms with Gasteiger partial charge in [0.25, 0.3) is 0 Å². The Balaban J connectivity index is 0.00000676. The predicted molar refractivity (Wildman–Crippen MR) is 122 cm³/mol. The fraction of sp³-hybridized carbons (Fsp3) is 0.889. The van der Waals surface area contributed by atoms with E-state index in [1.54, 1.807) is 7.11 Å². The molecule has 1 amide bonds. The third-order valence-electron chi connectivity index (χ3n) is 4.58. The molecule has 2 N–H and O–H groups in total. The van der Waals surface area contributed by atoms with E-state index in [9.17, 15) is 4.79 Å². The number of piperazine rings is 1. The Bertz CT molecular complexity index is 417. The fourth-order valence-corrected chi connectivity index (χ4v) is 3.07. The molecule has 160 valence electrons. The lowest BCUT2D eigenvalue weighted by atomic mass is 10.3. The Morgan fingerprint density at radius 3 is 2.37 bits per heavy atom. The van der Waals surface area contributed by atoms with Gasteiger partial charge >= 0.3 is 0 Å². The van der Waals surface area contributed by atoms with Gasteiger partial charge in [-0.15, -0.1) is 24.0 Å². The summed E-state index contributed by atoms with van der Waals surface area (Å²) in [7, 11) is 3.47. The van der Waals surface area contributed by atoms with E-state index in [1.165, 1.54) is 6.42 Å². The second kappa shape index (κ2) is 16.3. The second-order valence-electron chi connectivity index (χ2n) is 6.51. The van der Waals surface area contributed by atoms with Gasteiger partial charge in [0, 0.05) is 60.0 Å². The molecule has 27 heavy (non-hydrogen) atoms. The zero-order chi connectivity index (χ0) is 19.2. The number of guanidine groups is 1. The van der Waals surface area contributed by atoms with Crippen molar-refractivity contribution in [2.45, 2.75) is 20.3 Å². The predicted octanol–water partition coefficient (Wildman–Crippen LogP) is 0.292. The highest BCUT2D eigenvalue weighted by Gasteiger charge is 2.21. The molecular formula is C18H39IN6O2. The lowest BCUT2D eigenvalue weighted by Gasteiger charge is -2.36. The minimum atomic E-state index is 0. The third kappa shape index (κ3) is 11.1. The van der Waals surface area contributed by atoms with E-state index in [0.717, 1.165) is 58.3 Å². The molecule has 0 spiro atoms. The number of hydrogen-bond acceptors (Lipinski definition) is 5. The topological polar surface area (TPSA) is 72.4 Å².